The van der Waals surface area contributed by atoms with Crippen LogP contribution in [0.15, 0.2) is 42.6 Å². The number of nitrogens with one attached hydrogen (secondary N) is 2. The minimum atomic E-state index is -0.434. The molecule has 3 rings (SSSR count). The van der Waals surface area contributed by atoms with Gasteiger partial charge in [0, 0.05) is 11.6 Å². The predicted octanol–water partition coefficient (Wildman–Crippen LogP) is 3.83. The number of aromatic nitrogens is 1. The van der Waals surface area contributed by atoms with Gasteiger partial charge in [0.1, 0.15) is 11.6 Å². The maximum Gasteiger partial charge on any atom is 0.256 e. The number of hydrogen-bond donors (Lipinski definition) is 2. The summed E-state index contributed by atoms with van der Waals surface area (Å²) in [5.74, 6) is -0.355. The average molecular weight is 299 g/mol. The third kappa shape index (κ3) is 3.61. The van der Waals surface area contributed by atoms with Crippen molar-refractivity contribution in [1.29, 1.82) is 0 Å². The van der Waals surface area contributed by atoms with E-state index in [9.17, 15) is 9.18 Å². The van der Waals surface area contributed by atoms with Crippen LogP contribution < -0.4 is 10.6 Å². The molecule has 1 aliphatic carbocycles. The summed E-state index contributed by atoms with van der Waals surface area (Å²) in [7, 11) is 0. The molecule has 0 bridgehead atoms. The number of halogens is 1. The van der Waals surface area contributed by atoms with Gasteiger partial charge >= 0.3 is 0 Å². The van der Waals surface area contributed by atoms with Gasteiger partial charge in [-0.2, -0.15) is 0 Å². The molecule has 1 fully saturated rings. The molecular weight excluding hydrogens is 281 g/mol. The molecule has 0 saturated heterocycles. The van der Waals surface area contributed by atoms with Gasteiger partial charge in [-0.1, -0.05) is 18.9 Å². The van der Waals surface area contributed by atoms with E-state index < -0.39 is 5.82 Å². The molecule has 0 spiro atoms. The van der Waals surface area contributed by atoms with Gasteiger partial charge in [0.2, 0.25) is 0 Å². The van der Waals surface area contributed by atoms with E-state index in [1.54, 1.807) is 18.3 Å². The van der Waals surface area contributed by atoms with Crippen molar-refractivity contribution in [3.05, 3.63) is 54.0 Å². The fraction of sp³-hybridized carbons (Fsp3) is 0.294. The van der Waals surface area contributed by atoms with Crippen LogP contribution in [0.2, 0.25) is 0 Å². The van der Waals surface area contributed by atoms with Gasteiger partial charge in [-0.05, 0) is 43.2 Å². The molecule has 0 radical (unpaired) electrons. The number of carbonyl (C=O) groups excluding carboxylic acids is 1. The Hall–Kier alpha value is -2.43. The first-order valence-corrected chi connectivity index (χ1v) is 7.50. The van der Waals surface area contributed by atoms with Crippen molar-refractivity contribution in [1.82, 2.24) is 4.98 Å². The molecule has 114 valence electrons. The van der Waals surface area contributed by atoms with Crippen LogP contribution in [0.3, 0.4) is 0 Å². The van der Waals surface area contributed by atoms with Crippen molar-refractivity contribution in [2.24, 2.45) is 0 Å². The number of pyridine rings is 1. The summed E-state index contributed by atoms with van der Waals surface area (Å²) >= 11 is 0. The van der Waals surface area contributed by atoms with Crippen molar-refractivity contribution in [2.45, 2.75) is 31.7 Å². The first-order valence-electron chi connectivity index (χ1n) is 7.50. The first kappa shape index (κ1) is 14.5. The van der Waals surface area contributed by atoms with Gasteiger partial charge in [-0.3, -0.25) is 4.79 Å². The summed E-state index contributed by atoms with van der Waals surface area (Å²) in [6, 6.07) is 9.74. The normalized spacial score (nSPS) is 14.8. The van der Waals surface area contributed by atoms with Gasteiger partial charge in [0.15, 0.2) is 0 Å². The molecule has 4 nitrogen and oxygen atoms in total. The number of anilines is 2. The van der Waals surface area contributed by atoms with E-state index in [1.165, 1.54) is 43.9 Å². The maximum absolute atomic E-state index is 13.1. The van der Waals surface area contributed by atoms with Crippen LogP contribution in [-0.4, -0.2) is 16.9 Å². The van der Waals surface area contributed by atoms with Crippen LogP contribution in [0.5, 0.6) is 0 Å². The number of benzene rings is 1. The second-order valence-electron chi connectivity index (χ2n) is 5.52. The maximum atomic E-state index is 13.1. The van der Waals surface area contributed by atoms with E-state index in [-0.39, 0.29) is 11.5 Å². The Kier molecular flexibility index (Phi) is 4.32. The standard InChI is InChI=1S/C17H18FN3O/c18-13-5-3-4-12(10-13)17(22)21-16-9-8-15(11-19-16)20-14-6-1-2-7-14/h3-5,8-11,14,20H,1-2,6-7H2,(H,19,21,22). The SMILES string of the molecule is O=C(Nc1ccc(NC2CCCC2)cn1)c1cccc(F)c1. The third-order valence-corrected chi connectivity index (χ3v) is 3.82. The fourth-order valence-corrected chi connectivity index (χ4v) is 2.68. The number of rotatable bonds is 4. The highest BCUT2D eigenvalue weighted by Gasteiger charge is 2.14. The Balaban J connectivity index is 1.61. The monoisotopic (exact) mass is 299 g/mol. The van der Waals surface area contributed by atoms with Gasteiger partial charge in [0.25, 0.3) is 5.91 Å². The summed E-state index contributed by atoms with van der Waals surface area (Å²) in [6.07, 6.45) is 6.63. The van der Waals surface area contributed by atoms with Gasteiger partial charge in [0.05, 0.1) is 11.9 Å². The molecule has 1 aliphatic rings. The zero-order valence-electron chi connectivity index (χ0n) is 12.2. The Morgan fingerprint density at radius 3 is 2.68 bits per heavy atom. The van der Waals surface area contributed by atoms with E-state index in [0.29, 0.717) is 11.9 Å². The zero-order valence-corrected chi connectivity index (χ0v) is 12.2. The Morgan fingerprint density at radius 1 is 1.18 bits per heavy atom. The number of amides is 1. The van der Waals surface area contributed by atoms with E-state index >= 15 is 0 Å². The van der Waals surface area contributed by atoms with E-state index in [4.69, 9.17) is 0 Å². The van der Waals surface area contributed by atoms with Crippen LogP contribution in [0.25, 0.3) is 0 Å². The highest BCUT2D eigenvalue weighted by Crippen LogP contribution is 2.22. The summed E-state index contributed by atoms with van der Waals surface area (Å²) < 4.78 is 13.1. The lowest BCUT2D eigenvalue weighted by Crippen LogP contribution is -2.15. The van der Waals surface area contributed by atoms with Gasteiger partial charge < -0.3 is 10.6 Å². The molecule has 2 N–H and O–H groups in total. The third-order valence-electron chi connectivity index (χ3n) is 3.82. The smallest absolute Gasteiger partial charge is 0.256 e. The number of nitrogens with zero attached hydrogens (tertiary/aromatic N) is 1. The number of carbonyl (C=O) groups is 1. The van der Waals surface area contributed by atoms with Crippen molar-refractivity contribution >= 4 is 17.4 Å². The first-order chi connectivity index (χ1) is 10.7. The quantitative estimate of drug-likeness (QED) is 0.902. The van der Waals surface area contributed by atoms with E-state index in [2.05, 4.69) is 15.6 Å². The van der Waals surface area contributed by atoms with Crippen molar-refractivity contribution in [3.8, 4) is 0 Å². The van der Waals surface area contributed by atoms with Crippen LogP contribution in [0.4, 0.5) is 15.9 Å². The largest absolute Gasteiger partial charge is 0.381 e. The lowest BCUT2D eigenvalue weighted by Gasteiger charge is -2.13. The van der Waals surface area contributed by atoms with Crippen molar-refractivity contribution < 1.29 is 9.18 Å². The Morgan fingerprint density at radius 2 is 2.00 bits per heavy atom. The molecule has 1 amide bonds. The highest BCUT2D eigenvalue weighted by atomic mass is 19.1. The minimum absolute atomic E-state index is 0.273. The molecule has 2 aromatic rings. The Bertz CT molecular complexity index is 651. The van der Waals surface area contributed by atoms with Gasteiger partial charge in [-0.25, -0.2) is 9.37 Å². The summed E-state index contributed by atoms with van der Waals surface area (Å²) in [4.78, 5) is 16.2. The second-order valence-corrected chi connectivity index (χ2v) is 5.52. The molecule has 1 saturated carbocycles. The van der Waals surface area contributed by atoms with Crippen LogP contribution in [0.1, 0.15) is 36.0 Å². The molecule has 1 heterocycles. The van der Waals surface area contributed by atoms with Crippen molar-refractivity contribution in [2.75, 3.05) is 10.6 Å². The molecule has 1 aromatic heterocycles. The summed E-state index contributed by atoms with van der Waals surface area (Å²) in [5.41, 5.74) is 1.23. The van der Waals surface area contributed by atoms with E-state index in [1.807, 2.05) is 6.07 Å². The summed E-state index contributed by atoms with van der Waals surface area (Å²) in [5, 5.41) is 6.10. The molecule has 22 heavy (non-hydrogen) atoms. The van der Waals surface area contributed by atoms with Crippen LogP contribution in [-0.2, 0) is 0 Å². The fourth-order valence-electron chi connectivity index (χ4n) is 2.68. The van der Waals surface area contributed by atoms with Crippen LogP contribution >= 0.6 is 0 Å². The Labute approximate surface area is 128 Å². The van der Waals surface area contributed by atoms with E-state index in [0.717, 1.165) is 5.69 Å². The molecule has 5 heteroatoms. The molecule has 1 aromatic carbocycles. The predicted molar refractivity (Wildman–Crippen MR) is 84.5 cm³/mol. The van der Waals surface area contributed by atoms with Gasteiger partial charge in [-0.15, -0.1) is 0 Å². The average Bonchev–Trinajstić information content (AvgIpc) is 3.02. The highest BCUT2D eigenvalue weighted by molar-refractivity contribution is 6.03. The molecule has 0 unspecified atom stereocenters. The number of hydrogen-bond acceptors (Lipinski definition) is 3. The molecule has 0 atom stereocenters. The zero-order chi connectivity index (χ0) is 15.4. The lowest BCUT2D eigenvalue weighted by molar-refractivity contribution is 0.102. The molecular formula is C17H18FN3O. The van der Waals surface area contributed by atoms with Crippen LogP contribution in [0, 0.1) is 5.82 Å². The minimum Gasteiger partial charge on any atom is -0.381 e. The topological polar surface area (TPSA) is 54.0 Å². The lowest BCUT2D eigenvalue weighted by atomic mass is 10.2. The molecule has 0 aliphatic heterocycles. The van der Waals surface area contributed by atoms with Crippen molar-refractivity contribution in [3.63, 3.8) is 0 Å². The second kappa shape index (κ2) is 6.56. The summed E-state index contributed by atoms with van der Waals surface area (Å²) in [6.45, 7) is 0.